The number of ether oxygens (including phenoxy) is 1. The lowest BCUT2D eigenvalue weighted by molar-refractivity contribution is -0.166. The van der Waals surface area contributed by atoms with Crippen molar-refractivity contribution in [3.63, 3.8) is 0 Å². The van der Waals surface area contributed by atoms with Crippen LogP contribution in [0.15, 0.2) is 60.7 Å². The van der Waals surface area contributed by atoms with E-state index in [1.807, 2.05) is 12.1 Å². The summed E-state index contributed by atoms with van der Waals surface area (Å²) in [6.45, 7) is 2.04. The van der Waals surface area contributed by atoms with E-state index in [9.17, 15) is 15.0 Å². The number of carboxylic acid groups (broad SMARTS) is 1. The fourth-order valence-corrected chi connectivity index (χ4v) is 2.50. The molecule has 0 spiro atoms. The Bertz CT molecular complexity index is 541. The van der Waals surface area contributed by atoms with Crippen LogP contribution >= 0.6 is 0 Å². The average Bonchev–Trinajstić information content (AvgIpc) is 2.53. The summed E-state index contributed by atoms with van der Waals surface area (Å²) in [7, 11) is 0. The molecule has 4 nitrogen and oxygen atoms in total. The highest BCUT2D eigenvalue weighted by Gasteiger charge is 2.46. The molecular formula is C17H18O4. The van der Waals surface area contributed by atoms with E-state index >= 15 is 0 Å². The van der Waals surface area contributed by atoms with Crippen LogP contribution in [0.5, 0.6) is 0 Å². The lowest BCUT2D eigenvalue weighted by Gasteiger charge is -2.36. The molecule has 21 heavy (non-hydrogen) atoms. The Morgan fingerprint density at radius 1 is 1.05 bits per heavy atom. The second-order valence-electron chi connectivity index (χ2n) is 4.64. The van der Waals surface area contributed by atoms with Crippen LogP contribution < -0.4 is 0 Å². The number of aliphatic carboxylic acids is 1. The Labute approximate surface area is 123 Å². The Hall–Kier alpha value is -2.17. The average molecular weight is 286 g/mol. The highest BCUT2D eigenvalue weighted by Crippen LogP contribution is 2.37. The molecule has 0 radical (unpaired) electrons. The quantitative estimate of drug-likeness (QED) is 0.856. The van der Waals surface area contributed by atoms with Crippen molar-refractivity contribution in [2.24, 2.45) is 0 Å². The van der Waals surface area contributed by atoms with E-state index in [4.69, 9.17) is 4.74 Å². The highest BCUT2D eigenvalue weighted by atomic mass is 16.5. The fraction of sp³-hybridized carbons (Fsp3) is 0.235. The van der Waals surface area contributed by atoms with Crippen LogP contribution in [0.2, 0.25) is 0 Å². The lowest BCUT2D eigenvalue weighted by Crippen LogP contribution is -2.47. The highest BCUT2D eigenvalue weighted by molar-refractivity contribution is 5.75. The maximum Gasteiger partial charge on any atom is 0.336 e. The van der Waals surface area contributed by atoms with Gasteiger partial charge in [0, 0.05) is 6.61 Å². The van der Waals surface area contributed by atoms with Gasteiger partial charge in [0.1, 0.15) is 0 Å². The minimum atomic E-state index is -1.71. The van der Waals surface area contributed by atoms with Crippen LogP contribution in [0, 0.1) is 0 Å². The van der Waals surface area contributed by atoms with E-state index in [0.717, 1.165) is 0 Å². The van der Waals surface area contributed by atoms with Gasteiger partial charge in [-0.25, -0.2) is 4.79 Å². The van der Waals surface area contributed by atoms with E-state index in [1.54, 1.807) is 55.5 Å². The van der Waals surface area contributed by atoms with Crippen LogP contribution in [0.3, 0.4) is 0 Å². The Morgan fingerprint density at radius 2 is 1.48 bits per heavy atom. The summed E-state index contributed by atoms with van der Waals surface area (Å²) in [5.74, 6) is -1.32. The third-order valence-corrected chi connectivity index (χ3v) is 3.40. The van der Waals surface area contributed by atoms with E-state index in [-0.39, 0.29) is 6.61 Å². The van der Waals surface area contributed by atoms with Gasteiger partial charge in [0.2, 0.25) is 0 Å². The molecule has 0 bridgehead atoms. The number of aliphatic hydroxyl groups is 1. The summed E-state index contributed by atoms with van der Waals surface area (Å²) in [5.41, 5.74) is -0.218. The molecule has 4 heteroatoms. The molecule has 0 saturated carbocycles. The second-order valence-corrected chi connectivity index (χ2v) is 4.64. The molecule has 0 amide bonds. The predicted molar refractivity (Wildman–Crippen MR) is 78.9 cm³/mol. The van der Waals surface area contributed by atoms with Crippen LogP contribution in [0.4, 0.5) is 0 Å². The van der Waals surface area contributed by atoms with Gasteiger partial charge in [-0.2, -0.15) is 0 Å². The number of rotatable bonds is 6. The molecular weight excluding hydrogens is 268 g/mol. The Morgan fingerprint density at radius 3 is 1.81 bits per heavy atom. The van der Waals surface area contributed by atoms with Gasteiger partial charge >= 0.3 is 5.97 Å². The first-order chi connectivity index (χ1) is 10.1. The third kappa shape index (κ3) is 2.82. The molecule has 1 atom stereocenters. The summed E-state index contributed by atoms with van der Waals surface area (Å²) >= 11 is 0. The summed E-state index contributed by atoms with van der Waals surface area (Å²) < 4.78 is 5.79. The predicted octanol–water partition coefficient (Wildman–Crippen LogP) is 2.41. The monoisotopic (exact) mass is 286 g/mol. The molecule has 2 N–H and O–H groups in total. The smallest absolute Gasteiger partial charge is 0.336 e. The Kier molecular flexibility index (Phi) is 4.73. The number of aliphatic hydroxyl groups excluding tert-OH is 1. The first-order valence-corrected chi connectivity index (χ1v) is 6.78. The molecule has 0 unspecified atom stereocenters. The molecule has 0 aromatic heterocycles. The summed E-state index contributed by atoms with van der Waals surface area (Å²) in [5, 5.41) is 19.7. The number of hydrogen-bond acceptors (Lipinski definition) is 3. The summed E-state index contributed by atoms with van der Waals surface area (Å²) in [6, 6.07) is 17.9. The van der Waals surface area contributed by atoms with Crippen LogP contribution in [-0.2, 0) is 15.1 Å². The zero-order valence-corrected chi connectivity index (χ0v) is 11.8. The molecule has 0 aliphatic heterocycles. The zero-order valence-electron chi connectivity index (χ0n) is 11.8. The third-order valence-electron chi connectivity index (χ3n) is 3.40. The van der Waals surface area contributed by atoms with Crippen molar-refractivity contribution < 1.29 is 19.7 Å². The molecule has 0 fully saturated rings. The SMILES string of the molecule is CCOC(c1ccccc1)(c1ccccc1)[C@H](O)C(=O)O. The number of carbonyl (C=O) groups is 1. The van der Waals surface area contributed by atoms with Gasteiger partial charge in [-0.05, 0) is 18.1 Å². The van der Waals surface area contributed by atoms with Gasteiger partial charge in [-0.1, -0.05) is 60.7 Å². The van der Waals surface area contributed by atoms with E-state index < -0.39 is 17.7 Å². The van der Waals surface area contributed by atoms with Crippen molar-refractivity contribution in [1.29, 1.82) is 0 Å². The second kappa shape index (κ2) is 6.52. The van der Waals surface area contributed by atoms with Crippen LogP contribution in [-0.4, -0.2) is 28.9 Å². The maximum atomic E-state index is 11.4. The molecule has 2 rings (SSSR count). The first-order valence-electron chi connectivity index (χ1n) is 6.78. The van der Waals surface area contributed by atoms with Crippen molar-refractivity contribution in [1.82, 2.24) is 0 Å². The van der Waals surface area contributed by atoms with Crippen molar-refractivity contribution in [2.75, 3.05) is 6.61 Å². The van der Waals surface area contributed by atoms with Crippen LogP contribution in [0.1, 0.15) is 18.1 Å². The zero-order chi connectivity index (χ0) is 15.3. The molecule has 2 aromatic carbocycles. The molecule has 110 valence electrons. The van der Waals surface area contributed by atoms with Crippen molar-refractivity contribution >= 4 is 5.97 Å². The van der Waals surface area contributed by atoms with Gasteiger partial charge in [-0.15, -0.1) is 0 Å². The molecule has 0 saturated heterocycles. The van der Waals surface area contributed by atoms with Gasteiger partial charge in [0.05, 0.1) is 0 Å². The molecule has 0 heterocycles. The fourth-order valence-electron chi connectivity index (χ4n) is 2.50. The minimum absolute atomic E-state index is 0.272. The number of carboxylic acids is 1. The van der Waals surface area contributed by atoms with Gasteiger partial charge < -0.3 is 14.9 Å². The summed E-state index contributed by atoms with van der Waals surface area (Å²) in [4.78, 5) is 11.4. The largest absolute Gasteiger partial charge is 0.479 e. The van der Waals surface area contributed by atoms with Crippen molar-refractivity contribution in [2.45, 2.75) is 18.6 Å². The van der Waals surface area contributed by atoms with Gasteiger partial charge in [0.25, 0.3) is 0 Å². The number of benzene rings is 2. The van der Waals surface area contributed by atoms with Crippen molar-refractivity contribution in [3.05, 3.63) is 71.8 Å². The maximum absolute atomic E-state index is 11.4. The first kappa shape index (κ1) is 15.2. The summed E-state index contributed by atoms with van der Waals surface area (Å²) in [6.07, 6.45) is -1.71. The molecule has 2 aromatic rings. The van der Waals surface area contributed by atoms with E-state index in [2.05, 4.69) is 0 Å². The topological polar surface area (TPSA) is 66.8 Å². The normalized spacial score (nSPS) is 12.9. The van der Waals surface area contributed by atoms with E-state index in [0.29, 0.717) is 11.1 Å². The molecule has 0 aliphatic carbocycles. The van der Waals surface area contributed by atoms with Gasteiger partial charge in [0.15, 0.2) is 11.7 Å². The Balaban J connectivity index is 2.69. The van der Waals surface area contributed by atoms with E-state index in [1.165, 1.54) is 0 Å². The van der Waals surface area contributed by atoms with Crippen LogP contribution in [0.25, 0.3) is 0 Å². The number of hydrogen-bond donors (Lipinski definition) is 2. The van der Waals surface area contributed by atoms with Gasteiger partial charge in [-0.3, -0.25) is 0 Å². The standard InChI is InChI=1S/C17H18O4/c1-2-21-17(15(18)16(19)20,13-9-5-3-6-10-13)14-11-7-4-8-12-14/h3-12,15,18H,2H2,1H3,(H,19,20)/t15-/m1/s1. The minimum Gasteiger partial charge on any atom is -0.479 e. The van der Waals surface area contributed by atoms with Crippen molar-refractivity contribution in [3.8, 4) is 0 Å². The lowest BCUT2D eigenvalue weighted by atomic mass is 9.81. The molecule has 0 aliphatic rings.